The van der Waals surface area contributed by atoms with E-state index in [9.17, 15) is 4.79 Å². The molecule has 0 aliphatic heterocycles. The Morgan fingerprint density at radius 1 is 1.40 bits per heavy atom. The quantitative estimate of drug-likeness (QED) is 0.778. The normalized spacial score (nSPS) is 12.7. The highest BCUT2D eigenvalue weighted by atomic mass is 16.4. The molecule has 0 saturated carbocycles. The SMILES string of the molecule is CC(Cn1cccn1)n1nnc2c(C(=O)O)cccc21. The fraction of sp³-hybridized carbons (Fsp3) is 0.231. The summed E-state index contributed by atoms with van der Waals surface area (Å²) >= 11 is 0. The van der Waals surface area contributed by atoms with Gasteiger partial charge in [-0.25, -0.2) is 9.48 Å². The number of nitrogens with zero attached hydrogens (tertiary/aromatic N) is 5. The summed E-state index contributed by atoms with van der Waals surface area (Å²) in [5.74, 6) is -0.998. The molecule has 1 aromatic carbocycles. The van der Waals surface area contributed by atoms with Crippen LogP contribution < -0.4 is 0 Å². The zero-order valence-electron chi connectivity index (χ0n) is 10.8. The molecule has 3 rings (SSSR count). The van der Waals surface area contributed by atoms with Crippen molar-refractivity contribution in [3.8, 4) is 0 Å². The van der Waals surface area contributed by atoms with Gasteiger partial charge in [-0.05, 0) is 25.1 Å². The van der Waals surface area contributed by atoms with Crippen LogP contribution in [-0.4, -0.2) is 35.9 Å². The molecule has 3 aromatic rings. The predicted octanol–water partition coefficient (Wildman–Crippen LogP) is 1.59. The Morgan fingerprint density at radius 3 is 2.95 bits per heavy atom. The second kappa shape index (κ2) is 4.76. The lowest BCUT2D eigenvalue weighted by Gasteiger charge is -2.12. The van der Waals surface area contributed by atoms with Crippen molar-refractivity contribution >= 4 is 17.0 Å². The third-order valence-corrected chi connectivity index (χ3v) is 3.16. The molecule has 1 atom stereocenters. The molecule has 0 fully saturated rings. The molecule has 7 heteroatoms. The zero-order chi connectivity index (χ0) is 14.1. The number of benzene rings is 1. The molecule has 7 nitrogen and oxygen atoms in total. The van der Waals surface area contributed by atoms with Gasteiger partial charge in [0.25, 0.3) is 0 Å². The summed E-state index contributed by atoms with van der Waals surface area (Å²) < 4.78 is 3.53. The molecule has 0 aliphatic carbocycles. The van der Waals surface area contributed by atoms with Crippen LogP contribution in [0.5, 0.6) is 0 Å². The monoisotopic (exact) mass is 271 g/mol. The van der Waals surface area contributed by atoms with E-state index in [0.29, 0.717) is 17.6 Å². The van der Waals surface area contributed by atoms with Gasteiger partial charge < -0.3 is 5.11 Å². The second-order valence-electron chi connectivity index (χ2n) is 4.59. The lowest BCUT2D eigenvalue weighted by molar-refractivity contribution is 0.0699. The number of hydrogen-bond donors (Lipinski definition) is 1. The standard InChI is InChI=1S/C13H13N5O2/c1-9(8-17-7-3-6-14-17)18-11-5-2-4-10(13(19)20)12(11)15-16-18/h2-7,9H,8H2,1H3,(H,19,20). The topological polar surface area (TPSA) is 85.8 Å². The largest absolute Gasteiger partial charge is 0.478 e. The maximum atomic E-state index is 11.2. The fourth-order valence-electron chi connectivity index (χ4n) is 2.22. The summed E-state index contributed by atoms with van der Waals surface area (Å²) in [7, 11) is 0. The Bertz CT molecular complexity index is 747. The average molecular weight is 271 g/mol. The van der Waals surface area contributed by atoms with Crippen molar-refractivity contribution in [1.29, 1.82) is 0 Å². The molecule has 1 N–H and O–H groups in total. The van der Waals surface area contributed by atoms with Crippen molar-refractivity contribution in [3.05, 3.63) is 42.2 Å². The van der Waals surface area contributed by atoms with Crippen molar-refractivity contribution < 1.29 is 9.90 Å². The number of fused-ring (bicyclic) bond motifs is 1. The highest BCUT2D eigenvalue weighted by molar-refractivity contribution is 6.00. The van der Waals surface area contributed by atoms with Crippen molar-refractivity contribution in [2.45, 2.75) is 19.5 Å². The lowest BCUT2D eigenvalue weighted by atomic mass is 10.2. The van der Waals surface area contributed by atoms with E-state index in [2.05, 4.69) is 15.4 Å². The molecule has 0 amide bonds. The van der Waals surface area contributed by atoms with Gasteiger partial charge in [-0.1, -0.05) is 11.3 Å². The number of aromatic carboxylic acids is 1. The number of aromatic nitrogens is 5. The highest BCUT2D eigenvalue weighted by Gasteiger charge is 2.16. The average Bonchev–Trinajstić information content (AvgIpc) is 3.06. The summed E-state index contributed by atoms with van der Waals surface area (Å²) in [6.07, 6.45) is 3.59. The van der Waals surface area contributed by atoms with E-state index < -0.39 is 5.97 Å². The summed E-state index contributed by atoms with van der Waals surface area (Å²) in [4.78, 5) is 11.2. The first-order valence-electron chi connectivity index (χ1n) is 6.21. The van der Waals surface area contributed by atoms with Crippen LogP contribution in [0, 0.1) is 0 Å². The molecule has 0 bridgehead atoms. The molecular weight excluding hydrogens is 258 g/mol. The molecule has 2 heterocycles. The van der Waals surface area contributed by atoms with E-state index in [4.69, 9.17) is 5.11 Å². The Hall–Kier alpha value is -2.70. The van der Waals surface area contributed by atoms with Gasteiger partial charge in [0.1, 0.15) is 5.52 Å². The summed E-state index contributed by atoms with van der Waals surface area (Å²) in [5, 5.41) is 21.4. The Balaban J connectivity index is 2.00. The minimum Gasteiger partial charge on any atom is -0.478 e. The second-order valence-corrected chi connectivity index (χ2v) is 4.59. The Morgan fingerprint density at radius 2 is 2.25 bits per heavy atom. The molecular formula is C13H13N5O2. The number of carbonyl (C=O) groups is 1. The molecule has 2 aromatic heterocycles. The third-order valence-electron chi connectivity index (χ3n) is 3.16. The Kier molecular flexibility index (Phi) is 2.94. The smallest absolute Gasteiger partial charge is 0.338 e. The van der Waals surface area contributed by atoms with Crippen LogP contribution in [0.25, 0.3) is 11.0 Å². The molecule has 0 saturated heterocycles. The van der Waals surface area contributed by atoms with E-state index in [1.165, 1.54) is 6.07 Å². The minimum atomic E-state index is -0.998. The van der Waals surface area contributed by atoms with Crippen LogP contribution in [0.15, 0.2) is 36.7 Å². The maximum Gasteiger partial charge on any atom is 0.338 e. The van der Waals surface area contributed by atoms with Crippen LogP contribution in [0.3, 0.4) is 0 Å². The Labute approximate surface area is 114 Å². The molecule has 0 radical (unpaired) electrons. The van der Waals surface area contributed by atoms with Crippen molar-refractivity contribution in [1.82, 2.24) is 24.8 Å². The van der Waals surface area contributed by atoms with Gasteiger partial charge in [-0.3, -0.25) is 4.68 Å². The van der Waals surface area contributed by atoms with Gasteiger partial charge in [0, 0.05) is 12.4 Å². The molecule has 0 spiro atoms. The van der Waals surface area contributed by atoms with E-state index in [-0.39, 0.29) is 11.6 Å². The number of carboxylic acids is 1. The summed E-state index contributed by atoms with van der Waals surface area (Å²) in [6, 6.07) is 6.92. The number of hydrogen-bond acceptors (Lipinski definition) is 4. The van der Waals surface area contributed by atoms with Crippen LogP contribution in [-0.2, 0) is 6.54 Å². The van der Waals surface area contributed by atoms with E-state index in [1.807, 2.05) is 25.3 Å². The molecule has 20 heavy (non-hydrogen) atoms. The first-order chi connectivity index (χ1) is 9.66. The minimum absolute atomic E-state index is 0.0175. The molecule has 1 unspecified atom stereocenters. The van der Waals surface area contributed by atoms with Crippen LogP contribution in [0.1, 0.15) is 23.3 Å². The lowest BCUT2D eigenvalue weighted by Crippen LogP contribution is -2.14. The third kappa shape index (κ3) is 2.03. The van der Waals surface area contributed by atoms with Gasteiger partial charge in [-0.2, -0.15) is 5.10 Å². The van der Waals surface area contributed by atoms with Gasteiger partial charge in [-0.15, -0.1) is 5.10 Å². The van der Waals surface area contributed by atoms with Gasteiger partial charge in [0.15, 0.2) is 0 Å². The molecule has 102 valence electrons. The van der Waals surface area contributed by atoms with Crippen LogP contribution in [0.2, 0.25) is 0 Å². The van der Waals surface area contributed by atoms with E-state index >= 15 is 0 Å². The molecule has 0 aliphatic rings. The van der Waals surface area contributed by atoms with E-state index in [1.54, 1.807) is 21.6 Å². The van der Waals surface area contributed by atoms with Crippen molar-refractivity contribution in [3.63, 3.8) is 0 Å². The number of carboxylic acid groups (broad SMARTS) is 1. The zero-order valence-corrected chi connectivity index (χ0v) is 10.8. The highest BCUT2D eigenvalue weighted by Crippen LogP contribution is 2.20. The predicted molar refractivity (Wildman–Crippen MR) is 71.4 cm³/mol. The summed E-state index contributed by atoms with van der Waals surface area (Å²) in [6.45, 7) is 2.63. The first-order valence-corrected chi connectivity index (χ1v) is 6.21. The van der Waals surface area contributed by atoms with Crippen LogP contribution >= 0.6 is 0 Å². The first kappa shape index (κ1) is 12.3. The number of rotatable bonds is 4. The van der Waals surface area contributed by atoms with Crippen LogP contribution in [0.4, 0.5) is 0 Å². The maximum absolute atomic E-state index is 11.2. The van der Waals surface area contributed by atoms with Gasteiger partial charge in [0.2, 0.25) is 0 Å². The van der Waals surface area contributed by atoms with Crippen molar-refractivity contribution in [2.24, 2.45) is 0 Å². The fourth-order valence-corrected chi connectivity index (χ4v) is 2.22. The van der Waals surface area contributed by atoms with Crippen molar-refractivity contribution in [2.75, 3.05) is 0 Å². The summed E-state index contributed by atoms with van der Waals surface area (Å²) in [5.41, 5.74) is 1.29. The van der Waals surface area contributed by atoms with E-state index in [0.717, 1.165) is 0 Å². The van der Waals surface area contributed by atoms with Gasteiger partial charge in [0.05, 0.1) is 23.7 Å². The van der Waals surface area contributed by atoms with Gasteiger partial charge >= 0.3 is 5.97 Å².